The summed E-state index contributed by atoms with van der Waals surface area (Å²) in [6, 6.07) is 64.8. The minimum absolute atomic E-state index is 0.571. The van der Waals surface area contributed by atoms with E-state index in [-0.39, 0.29) is 0 Å². The van der Waals surface area contributed by atoms with Gasteiger partial charge in [-0.05, 0) is 80.9 Å². The molecule has 1 spiro atoms. The molecule has 1 unspecified atom stereocenters. The van der Waals surface area contributed by atoms with Gasteiger partial charge >= 0.3 is 0 Å². The summed E-state index contributed by atoms with van der Waals surface area (Å²) in [7, 11) is 0. The van der Waals surface area contributed by atoms with Gasteiger partial charge in [0, 0.05) is 34.0 Å². The number of para-hydroxylation sites is 1. The molecular formula is C51H31N5. The summed E-state index contributed by atoms with van der Waals surface area (Å²) in [5.41, 5.74) is 16.6. The molecule has 2 aliphatic rings. The van der Waals surface area contributed by atoms with Gasteiger partial charge < -0.3 is 4.57 Å². The monoisotopic (exact) mass is 713 g/mol. The van der Waals surface area contributed by atoms with Gasteiger partial charge in [0.1, 0.15) is 0 Å². The maximum absolute atomic E-state index is 5.15. The first-order valence-corrected chi connectivity index (χ1v) is 19.0. The SMILES string of the molecule is c1ccc(-c2nc(-c3ccccc3)nc(-c3ccc4c(c3)C3(c5ccccc5-4)c4ccccc4-c4ccc(-n5c6ccccc6c6ncccc65)cc43)n2)cc1. The normalized spacial score (nSPS) is 14.9. The lowest BCUT2D eigenvalue weighted by atomic mass is 9.70. The second-order valence-corrected chi connectivity index (χ2v) is 14.6. The Hall–Kier alpha value is -7.50. The minimum Gasteiger partial charge on any atom is -0.308 e. The summed E-state index contributed by atoms with van der Waals surface area (Å²) in [5, 5.41) is 1.14. The molecule has 0 N–H and O–H groups in total. The summed E-state index contributed by atoms with van der Waals surface area (Å²) in [6.07, 6.45) is 1.88. The van der Waals surface area contributed by atoms with Crippen LogP contribution in [0.25, 0.3) is 84.0 Å². The van der Waals surface area contributed by atoms with Crippen LogP contribution in [0.1, 0.15) is 22.3 Å². The van der Waals surface area contributed by atoms with Gasteiger partial charge in [0.2, 0.25) is 0 Å². The highest BCUT2D eigenvalue weighted by Crippen LogP contribution is 2.63. The molecule has 0 saturated heterocycles. The molecule has 260 valence electrons. The molecule has 0 amide bonds. The van der Waals surface area contributed by atoms with E-state index in [0.717, 1.165) is 44.3 Å². The molecule has 3 heterocycles. The van der Waals surface area contributed by atoms with Gasteiger partial charge in [-0.3, -0.25) is 4.98 Å². The lowest BCUT2D eigenvalue weighted by Crippen LogP contribution is -2.26. The van der Waals surface area contributed by atoms with Crippen LogP contribution >= 0.6 is 0 Å². The molecule has 10 aromatic rings. The Morgan fingerprint density at radius 2 is 0.893 bits per heavy atom. The largest absolute Gasteiger partial charge is 0.308 e. The molecule has 3 aromatic heterocycles. The van der Waals surface area contributed by atoms with Crippen molar-refractivity contribution in [3.05, 3.63) is 210 Å². The summed E-state index contributed by atoms with van der Waals surface area (Å²) < 4.78 is 2.37. The van der Waals surface area contributed by atoms with Gasteiger partial charge in [-0.15, -0.1) is 0 Å². The number of aromatic nitrogens is 5. The summed E-state index contributed by atoms with van der Waals surface area (Å²) in [4.78, 5) is 20.1. The van der Waals surface area contributed by atoms with Gasteiger partial charge in [0.05, 0.1) is 22.0 Å². The molecule has 0 fully saturated rings. The van der Waals surface area contributed by atoms with E-state index < -0.39 is 5.41 Å². The highest BCUT2D eigenvalue weighted by atomic mass is 15.0. The van der Waals surface area contributed by atoms with Crippen molar-refractivity contribution < 1.29 is 0 Å². The average Bonchev–Trinajstić information content (AvgIpc) is 3.88. The molecule has 56 heavy (non-hydrogen) atoms. The van der Waals surface area contributed by atoms with Crippen LogP contribution in [0.4, 0.5) is 0 Å². The Morgan fingerprint density at radius 1 is 0.375 bits per heavy atom. The van der Waals surface area contributed by atoms with Gasteiger partial charge in [0.15, 0.2) is 17.5 Å². The smallest absolute Gasteiger partial charge is 0.164 e. The second-order valence-electron chi connectivity index (χ2n) is 14.6. The van der Waals surface area contributed by atoms with Crippen molar-refractivity contribution in [2.45, 2.75) is 5.41 Å². The van der Waals surface area contributed by atoms with E-state index >= 15 is 0 Å². The summed E-state index contributed by atoms with van der Waals surface area (Å²) in [5.74, 6) is 1.94. The van der Waals surface area contributed by atoms with Crippen LogP contribution < -0.4 is 0 Å². The van der Waals surface area contributed by atoms with E-state index in [9.17, 15) is 0 Å². The maximum atomic E-state index is 5.15. The fourth-order valence-corrected chi connectivity index (χ4v) is 9.40. The van der Waals surface area contributed by atoms with Crippen molar-refractivity contribution in [3.8, 4) is 62.1 Å². The van der Waals surface area contributed by atoms with Crippen LogP contribution in [0.5, 0.6) is 0 Å². The van der Waals surface area contributed by atoms with Gasteiger partial charge in [-0.25, -0.2) is 15.0 Å². The number of rotatable bonds is 4. The van der Waals surface area contributed by atoms with Crippen molar-refractivity contribution in [3.63, 3.8) is 0 Å². The van der Waals surface area contributed by atoms with Crippen LogP contribution in [0, 0.1) is 0 Å². The second kappa shape index (κ2) is 11.7. The molecule has 0 radical (unpaired) electrons. The molecule has 0 saturated carbocycles. The van der Waals surface area contributed by atoms with Crippen molar-refractivity contribution in [2.75, 3.05) is 0 Å². The van der Waals surface area contributed by atoms with E-state index in [2.05, 4.69) is 144 Å². The molecule has 0 bridgehead atoms. The zero-order valence-corrected chi connectivity index (χ0v) is 30.1. The molecule has 0 aliphatic heterocycles. The lowest BCUT2D eigenvalue weighted by molar-refractivity contribution is 0.792. The number of pyridine rings is 1. The molecule has 2 aliphatic carbocycles. The van der Waals surface area contributed by atoms with Crippen molar-refractivity contribution >= 4 is 21.9 Å². The number of hydrogen-bond acceptors (Lipinski definition) is 4. The van der Waals surface area contributed by atoms with E-state index in [4.69, 9.17) is 19.9 Å². The zero-order valence-electron chi connectivity index (χ0n) is 30.1. The summed E-state index contributed by atoms with van der Waals surface area (Å²) >= 11 is 0. The fourth-order valence-electron chi connectivity index (χ4n) is 9.40. The molecular weight excluding hydrogens is 683 g/mol. The Balaban J connectivity index is 1.13. The van der Waals surface area contributed by atoms with Gasteiger partial charge in [0.25, 0.3) is 0 Å². The predicted octanol–water partition coefficient (Wildman–Crippen LogP) is 11.7. The van der Waals surface area contributed by atoms with E-state index in [0.29, 0.717) is 17.5 Å². The number of hydrogen-bond donors (Lipinski definition) is 0. The minimum atomic E-state index is -0.571. The molecule has 12 rings (SSSR count). The standard InChI is InChI=1S/C51H31N5/c1-3-14-32(15-4-1)48-53-49(33-16-5-2-6-17-33)55-50(54-48)34-25-27-38-36-18-7-10-21-41(36)51(43(38)30-34)42-22-11-8-19-37(42)39-28-26-35(31-44(39)51)56-45-23-12-9-20-40(45)47-46(56)24-13-29-52-47/h1-31H. The number of benzene rings is 7. The van der Waals surface area contributed by atoms with Gasteiger partial charge in [-0.1, -0.05) is 146 Å². The number of fused-ring (bicyclic) bond motifs is 13. The Morgan fingerprint density at radius 3 is 1.57 bits per heavy atom. The molecule has 7 aromatic carbocycles. The Kier molecular flexibility index (Phi) is 6.48. The third-order valence-electron chi connectivity index (χ3n) is 11.7. The van der Waals surface area contributed by atoms with Crippen molar-refractivity contribution in [1.82, 2.24) is 24.5 Å². The van der Waals surface area contributed by atoms with Crippen LogP contribution in [0.3, 0.4) is 0 Å². The van der Waals surface area contributed by atoms with Crippen LogP contribution in [0.2, 0.25) is 0 Å². The fraction of sp³-hybridized carbons (Fsp3) is 0.0196. The summed E-state index contributed by atoms with van der Waals surface area (Å²) in [6.45, 7) is 0. The van der Waals surface area contributed by atoms with Gasteiger partial charge in [-0.2, -0.15) is 0 Å². The Labute approximate surface area is 323 Å². The highest BCUT2D eigenvalue weighted by molar-refractivity contribution is 6.07. The maximum Gasteiger partial charge on any atom is 0.164 e. The van der Waals surface area contributed by atoms with Crippen LogP contribution in [-0.2, 0) is 5.41 Å². The highest BCUT2D eigenvalue weighted by Gasteiger charge is 2.52. The van der Waals surface area contributed by atoms with Crippen molar-refractivity contribution in [1.29, 1.82) is 0 Å². The topological polar surface area (TPSA) is 56.5 Å². The van der Waals surface area contributed by atoms with E-state index in [1.54, 1.807) is 0 Å². The molecule has 5 nitrogen and oxygen atoms in total. The zero-order chi connectivity index (χ0) is 36.8. The Bertz CT molecular complexity index is 3080. The molecule has 1 atom stereocenters. The average molecular weight is 714 g/mol. The predicted molar refractivity (Wildman–Crippen MR) is 225 cm³/mol. The van der Waals surface area contributed by atoms with Crippen molar-refractivity contribution in [2.24, 2.45) is 0 Å². The first-order chi connectivity index (χ1) is 27.8. The first kappa shape index (κ1) is 30.9. The van der Waals surface area contributed by atoms with Crippen LogP contribution in [0.15, 0.2) is 188 Å². The quantitative estimate of drug-likeness (QED) is 0.182. The third-order valence-corrected chi connectivity index (χ3v) is 11.7. The third kappa shape index (κ3) is 4.25. The van der Waals surface area contributed by atoms with Crippen LogP contribution in [-0.4, -0.2) is 24.5 Å². The lowest BCUT2D eigenvalue weighted by Gasteiger charge is -2.31. The molecule has 5 heteroatoms. The van der Waals surface area contributed by atoms with E-state index in [1.807, 2.05) is 48.7 Å². The number of nitrogens with zero attached hydrogens (tertiary/aromatic N) is 5. The first-order valence-electron chi connectivity index (χ1n) is 19.0. The van der Waals surface area contributed by atoms with E-state index in [1.165, 1.54) is 44.5 Å².